The Morgan fingerprint density at radius 2 is 1.43 bits per heavy atom. The Balaban J connectivity index is 1.91. The van der Waals surface area contributed by atoms with Gasteiger partial charge in [0.1, 0.15) is 5.75 Å². The van der Waals surface area contributed by atoms with Crippen LogP contribution in [0.3, 0.4) is 0 Å². The summed E-state index contributed by atoms with van der Waals surface area (Å²) in [5.41, 5.74) is 3.88. The summed E-state index contributed by atoms with van der Waals surface area (Å²) in [7, 11) is 0. The number of hydrogen-bond acceptors (Lipinski definition) is 1. The molecule has 2 aromatic rings. The summed E-state index contributed by atoms with van der Waals surface area (Å²) < 4.78 is 5.78. The van der Waals surface area contributed by atoms with Gasteiger partial charge in [0.05, 0.1) is 6.61 Å². The van der Waals surface area contributed by atoms with Crippen LogP contribution in [-0.4, -0.2) is 6.61 Å². The third kappa shape index (κ3) is 4.93. The second-order valence-corrected chi connectivity index (χ2v) is 5.96. The highest BCUT2D eigenvalue weighted by molar-refractivity contribution is 5.64. The smallest absolute Gasteiger partial charge is 0.119 e. The zero-order valence-corrected chi connectivity index (χ0v) is 13.4. The molecule has 0 saturated heterocycles. The zero-order chi connectivity index (χ0) is 15.1. The average Bonchev–Trinajstić information content (AvgIpc) is 2.52. The molecule has 0 aliphatic carbocycles. The highest BCUT2D eigenvalue weighted by Crippen LogP contribution is 2.23. The van der Waals surface area contributed by atoms with Crippen LogP contribution in [0.2, 0.25) is 0 Å². The lowest BCUT2D eigenvalue weighted by molar-refractivity contribution is 0.298. The van der Waals surface area contributed by atoms with Gasteiger partial charge in [0, 0.05) is 0 Å². The molecule has 0 aromatic heterocycles. The molecule has 0 aliphatic rings. The Morgan fingerprint density at radius 1 is 0.857 bits per heavy atom. The lowest BCUT2D eigenvalue weighted by Gasteiger charge is -2.09. The highest BCUT2D eigenvalue weighted by atomic mass is 16.5. The van der Waals surface area contributed by atoms with E-state index in [1.807, 2.05) is 0 Å². The number of ether oxygens (including phenoxy) is 1. The minimum atomic E-state index is 0.752. The molecule has 2 aromatic carbocycles. The standard InChI is InChI=1S/C20H26O/c1-4-17-7-9-18(10-8-17)19-11-13-20(14-12-19)21-15-5-6-16(2)3/h7-14,16H,4-6,15H2,1-3H3. The van der Waals surface area contributed by atoms with Crippen LogP contribution < -0.4 is 4.74 Å². The van der Waals surface area contributed by atoms with Gasteiger partial charge in [0.2, 0.25) is 0 Å². The van der Waals surface area contributed by atoms with Gasteiger partial charge in [-0.1, -0.05) is 57.2 Å². The van der Waals surface area contributed by atoms with E-state index in [-0.39, 0.29) is 0 Å². The lowest BCUT2D eigenvalue weighted by Crippen LogP contribution is -1.99. The molecule has 1 nitrogen and oxygen atoms in total. The van der Waals surface area contributed by atoms with Crippen molar-refractivity contribution in [2.75, 3.05) is 6.61 Å². The van der Waals surface area contributed by atoms with Gasteiger partial charge in [-0.3, -0.25) is 0 Å². The maximum atomic E-state index is 5.78. The molecule has 0 unspecified atom stereocenters. The number of benzene rings is 2. The van der Waals surface area contributed by atoms with Crippen LogP contribution in [0.25, 0.3) is 11.1 Å². The normalized spacial score (nSPS) is 10.9. The SMILES string of the molecule is CCc1ccc(-c2ccc(OCCCC(C)C)cc2)cc1. The Bertz CT molecular complexity index is 523. The molecule has 0 saturated carbocycles. The topological polar surface area (TPSA) is 9.23 Å². The van der Waals surface area contributed by atoms with Gasteiger partial charge in [0.25, 0.3) is 0 Å². The van der Waals surface area contributed by atoms with Crippen molar-refractivity contribution in [3.05, 3.63) is 54.1 Å². The Morgan fingerprint density at radius 3 is 1.95 bits per heavy atom. The van der Waals surface area contributed by atoms with Crippen molar-refractivity contribution in [1.29, 1.82) is 0 Å². The van der Waals surface area contributed by atoms with E-state index in [0.717, 1.165) is 31.1 Å². The third-order valence-electron chi connectivity index (χ3n) is 3.74. The lowest BCUT2D eigenvalue weighted by atomic mass is 10.0. The molecule has 0 aliphatic heterocycles. The average molecular weight is 282 g/mol. The summed E-state index contributed by atoms with van der Waals surface area (Å²) in [4.78, 5) is 0. The van der Waals surface area contributed by atoms with E-state index in [1.165, 1.54) is 23.1 Å². The van der Waals surface area contributed by atoms with Crippen molar-refractivity contribution in [3.8, 4) is 16.9 Å². The van der Waals surface area contributed by atoms with Crippen LogP contribution in [0.4, 0.5) is 0 Å². The van der Waals surface area contributed by atoms with Crippen LogP contribution in [-0.2, 0) is 6.42 Å². The first-order valence-corrected chi connectivity index (χ1v) is 8.01. The van der Waals surface area contributed by atoms with Crippen molar-refractivity contribution in [3.63, 3.8) is 0 Å². The molecular formula is C20H26O. The zero-order valence-electron chi connectivity index (χ0n) is 13.4. The van der Waals surface area contributed by atoms with Gasteiger partial charge in [-0.05, 0) is 54.0 Å². The first-order valence-electron chi connectivity index (χ1n) is 8.01. The van der Waals surface area contributed by atoms with E-state index >= 15 is 0 Å². The first-order chi connectivity index (χ1) is 10.2. The Hall–Kier alpha value is -1.76. The largest absolute Gasteiger partial charge is 0.494 e. The van der Waals surface area contributed by atoms with Crippen molar-refractivity contribution in [2.45, 2.75) is 40.0 Å². The van der Waals surface area contributed by atoms with E-state index in [4.69, 9.17) is 4.74 Å². The van der Waals surface area contributed by atoms with Gasteiger partial charge in [0.15, 0.2) is 0 Å². The summed E-state index contributed by atoms with van der Waals surface area (Å²) >= 11 is 0. The van der Waals surface area contributed by atoms with Crippen LogP contribution in [0.1, 0.15) is 39.2 Å². The van der Waals surface area contributed by atoms with Gasteiger partial charge in [-0.25, -0.2) is 0 Å². The second kappa shape index (κ2) is 7.87. The molecule has 0 fully saturated rings. The maximum absolute atomic E-state index is 5.78. The van der Waals surface area contributed by atoms with E-state index in [0.29, 0.717) is 0 Å². The fourth-order valence-corrected chi connectivity index (χ4v) is 2.36. The molecule has 112 valence electrons. The molecule has 2 rings (SSSR count). The van der Waals surface area contributed by atoms with Crippen molar-refractivity contribution in [1.82, 2.24) is 0 Å². The van der Waals surface area contributed by atoms with Gasteiger partial charge in [-0.15, -0.1) is 0 Å². The monoisotopic (exact) mass is 282 g/mol. The molecule has 0 N–H and O–H groups in total. The van der Waals surface area contributed by atoms with E-state index < -0.39 is 0 Å². The second-order valence-electron chi connectivity index (χ2n) is 5.96. The Kier molecular flexibility index (Phi) is 5.86. The molecule has 0 radical (unpaired) electrons. The number of rotatable bonds is 7. The molecule has 0 bridgehead atoms. The summed E-state index contributed by atoms with van der Waals surface area (Å²) in [6.45, 7) is 7.49. The molecule has 0 amide bonds. The number of aryl methyl sites for hydroxylation is 1. The van der Waals surface area contributed by atoms with Crippen LogP contribution in [0, 0.1) is 5.92 Å². The van der Waals surface area contributed by atoms with E-state index in [2.05, 4.69) is 69.3 Å². The van der Waals surface area contributed by atoms with Gasteiger partial charge < -0.3 is 4.74 Å². The molecule has 1 heteroatoms. The predicted molar refractivity (Wildman–Crippen MR) is 90.8 cm³/mol. The maximum Gasteiger partial charge on any atom is 0.119 e. The molecule has 0 heterocycles. The quantitative estimate of drug-likeness (QED) is 0.589. The Labute approximate surface area is 129 Å². The van der Waals surface area contributed by atoms with Crippen LogP contribution in [0.5, 0.6) is 5.75 Å². The summed E-state index contributed by atoms with van der Waals surface area (Å²) in [6.07, 6.45) is 3.43. The third-order valence-corrected chi connectivity index (χ3v) is 3.74. The molecular weight excluding hydrogens is 256 g/mol. The fourth-order valence-electron chi connectivity index (χ4n) is 2.36. The predicted octanol–water partition coefficient (Wildman–Crippen LogP) is 5.73. The molecule has 0 spiro atoms. The summed E-state index contributed by atoms with van der Waals surface area (Å²) in [6, 6.07) is 17.2. The van der Waals surface area contributed by atoms with Crippen LogP contribution in [0.15, 0.2) is 48.5 Å². The fraction of sp³-hybridized carbons (Fsp3) is 0.400. The van der Waals surface area contributed by atoms with Gasteiger partial charge >= 0.3 is 0 Å². The van der Waals surface area contributed by atoms with E-state index in [9.17, 15) is 0 Å². The first kappa shape index (κ1) is 15.6. The highest BCUT2D eigenvalue weighted by Gasteiger charge is 2.00. The molecule has 0 atom stereocenters. The minimum absolute atomic E-state index is 0.752. The molecule has 21 heavy (non-hydrogen) atoms. The number of hydrogen-bond donors (Lipinski definition) is 0. The summed E-state index contributed by atoms with van der Waals surface area (Å²) in [5, 5.41) is 0. The van der Waals surface area contributed by atoms with E-state index in [1.54, 1.807) is 0 Å². The van der Waals surface area contributed by atoms with Crippen molar-refractivity contribution in [2.24, 2.45) is 5.92 Å². The van der Waals surface area contributed by atoms with Crippen LogP contribution >= 0.6 is 0 Å². The minimum Gasteiger partial charge on any atom is -0.494 e. The summed E-state index contributed by atoms with van der Waals surface area (Å²) in [5.74, 6) is 1.72. The van der Waals surface area contributed by atoms with Crippen molar-refractivity contribution >= 4 is 0 Å². The van der Waals surface area contributed by atoms with Gasteiger partial charge in [-0.2, -0.15) is 0 Å². The van der Waals surface area contributed by atoms with Crippen molar-refractivity contribution < 1.29 is 4.74 Å².